The van der Waals surface area contributed by atoms with Crippen LogP contribution in [0.2, 0.25) is 0 Å². The van der Waals surface area contributed by atoms with Gasteiger partial charge in [-0.1, -0.05) is 6.92 Å². The highest BCUT2D eigenvalue weighted by Gasteiger charge is 2.42. The molecule has 2 rings (SSSR count). The van der Waals surface area contributed by atoms with Crippen LogP contribution in [-0.4, -0.2) is 27.1 Å². The van der Waals surface area contributed by atoms with Crippen molar-refractivity contribution in [1.29, 1.82) is 0 Å². The summed E-state index contributed by atoms with van der Waals surface area (Å²) in [5.74, 6) is 0.736. The average molecular weight is 252 g/mol. The molecule has 1 aromatic rings. The number of aromatic nitrogens is 2. The van der Waals surface area contributed by atoms with Crippen LogP contribution in [0.5, 0.6) is 0 Å². The van der Waals surface area contributed by atoms with Crippen LogP contribution in [0.15, 0.2) is 12.4 Å². The Hall–Kier alpha value is -0.870. The van der Waals surface area contributed by atoms with Crippen molar-refractivity contribution in [3.8, 4) is 0 Å². The molecule has 4 nitrogen and oxygen atoms in total. The second-order valence-corrected chi connectivity index (χ2v) is 5.53. The number of hydrogen-bond acceptors (Lipinski definition) is 3. The van der Waals surface area contributed by atoms with Gasteiger partial charge in [-0.05, 0) is 38.5 Å². The molecular formula is C14H24N2O2. The number of ether oxygens (including phenoxy) is 1. The SMILES string of the molecule is CCOC1(C(O)c2cnn(C)c2)CCC(C)CC1. The predicted molar refractivity (Wildman–Crippen MR) is 70.2 cm³/mol. The first kappa shape index (κ1) is 13.6. The van der Waals surface area contributed by atoms with Gasteiger partial charge in [0.25, 0.3) is 0 Å². The largest absolute Gasteiger partial charge is 0.385 e. The van der Waals surface area contributed by atoms with E-state index in [1.807, 2.05) is 20.2 Å². The summed E-state index contributed by atoms with van der Waals surface area (Å²) in [5.41, 5.74) is 0.449. The number of rotatable bonds is 4. The van der Waals surface area contributed by atoms with Crippen molar-refractivity contribution in [2.45, 2.75) is 51.2 Å². The van der Waals surface area contributed by atoms with E-state index >= 15 is 0 Å². The lowest BCUT2D eigenvalue weighted by atomic mass is 9.75. The fourth-order valence-electron chi connectivity index (χ4n) is 2.92. The molecule has 102 valence electrons. The van der Waals surface area contributed by atoms with Gasteiger partial charge in [0.2, 0.25) is 0 Å². The normalized spacial score (nSPS) is 30.3. The third-order valence-electron chi connectivity index (χ3n) is 4.09. The highest BCUT2D eigenvalue weighted by atomic mass is 16.5. The van der Waals surface area contributed by atoms with Crippen molar-refractivity contribution in [1.82, 2.24) is 9.78 Å². The molecule has 4 heteroatoms. The molecule has 0 radical (unpaired) electrons. The lowest BCUT2D eigenvalue weighted by Gasteiger charge is -2.42. The predicted octanol–water partition coefficient (Wildman–Crippen LogP) is 2.44. The molecule has 1 N–H and O–H groups in total. The molecule has 0 amide bonds. The Labute approximate surface area is 109 Å². The Morgan fingerprint density at radius 2 is 2.22 bits per heavy atom. The van der Waals surface area contributed by atoms with Gasteiger partial charge >= 0.3 is 0 Å². The summed E-state index contributed by atoms with van der Waals surface area (Å²) in [6.07, 6.45) is 7.15. The van der Waals surface area contributed by atoms with E-state index in [4.69, 9.17) is 4.74 Å². The summed E-state index contributed by atoms with van der Waals surface area (Å²) in [7, 11) is 1.87. The maximum absolute atomic E-state index is 10.6. The van der Waals surface area contributed by atoms with Gasteiger partial charge in [0.05, 0.1) is 11.8 Å². The van der Waals surface area contributed by atoms with Crippen molar-refractivity contribution >= 4 is 0 Å². The van der Waals surface area contributed by atoms with Gasteiger partial charge in [0, 0.05) is 25.4 Å². The summed E-state index contributed by atoms with van der Waals surface area (Å²) in [5, 5.41) is 14.8. The van der Waals surface area contributed by atoms with E-state index in [9.17, 15) is 5.11 Å². The second-order valence-electron chi connectivity index (χ2n) is 5.53. The topological polar surface area (TPSA) is 47.3 Å². The van der Waals surface area contributed by atoms with Crippen molar-refractivity contribution in [3.05, 3.63) is 18.0 Å². The molecule has 1 unspecified atom stereocenters. The average Bonchev–Trinajstić information content (AvgIpc) is 2.78. The molecule has 1 fully saturated rings. The Morgan fingerprint density at radius 1 is 1.56 bits per heavy atom. The quantitative estimate of drug-likeness (QED) is 0.895. The van der Waals surface area contributed by atoms with Crippen LogP contribution in [0.3, 0.4) is 0 Å². The Bertz CT molecular complexity index is 381. The highest BCUT2D eigenvalue weighted by molar-refractivity contribution is 5.14. The van der Waals surface area contributed by atoms with Crippen LogP contribution in [0.1, 0.15) is 51.2 Å². The molecule has 0 bridgehead atoms. The van der Waals surface area contributed by atoms with E-state index in [2.05, 4.69) is 12.0 Å². The zero-order chi connectivity index (χ0) is 13.2. The van der Waals surface area contributed by atoms with Gasteiger partial charge in [0.1, 0.15) is 6.10 Å². The van der Waals surface area contributed by atoms with Crippen LogP contribution >= 0.6 is 0 Å². The lowest BCUT2D eigenvalue weighted by Crippen LogP contribution is -2.42. The van der Waals surface area contributed by atoms with Gasteiger partial charge in [-0.15, -0.1) is 0 Å². The maximum Gasteiger partial charge on any atom is 0.111 e. The number of hydrogen-bond donors (Lipinski definition) is 1. The van der Waals surface area contributed by atoms with Crippen molar-refractivity contribution < 1.29 is 9.84 Å². The smallest absolute Gasteiger partial charge is 0.111 e. The summed E-state index contributed by atoms with van der Waals surface area (Å²) < 4.78 is 7.68. The molecule has 1 aliphatic rings. The minimum absolute atomic E-state index is 0.412. The molecule has 1 aliphatic carbocycles. The summed E-state index contributed by atoms with van der Waals surface area (Å²) in [4.78, 5) is 0. The Morgan fingerprint density at radius 3 is 2.72 bits per heavy atom. The third-order valence-corrected chi connectivity index (χ3v) is 4.09. The lowest BCUT2D eigenvalue weighted by molar-refractivity contribution is -0.146. The van der Waals surface area contributed by atoms with Crippen molar-refractivity contribution in [2.75, 3.05) is 6.61 Å². The number of aliphatic hydroxyl groups excluding tert-OH is 1. The molecule has 1 aromatic heterocycles. The first-order valence-electron chi connectivity index (χ1n) is 6.88. The molecular weight excluding hydrogens is 228 g/mol. The van der Waals surface area contributed by atoms with Crippen LogP contribution < -0.4 is 0 Å². The fraction of sp³-hybridized carbons (Fsp3) is 0.786. The highest BCUT2D eigenvalue weighted by Crippen LogP contribution is 2.43. The maximum atomic E-state index is 10.6. The Kier molecular flexibility index (Phi) is 4.07. The monoisotopic (exact) mass is 252 g/mol. The van der Waals surface area contributed by atoms with E-state index in [0.29, 0.717) is 6.61 Å². The van der Waals surface area contributed by atoms with Crippen LogP contribution in [0.25, 0.3) is 0 Å². The minimum atomic E-state index is -0.571. The molecule has 1 heterocycles. The zero-order valence-electron chi connectivity index (χ0n) is 11.6. The summed E-state index contributed by atoms with van der Waals surface area (Å²) in [6.45, 7) is 4.91. The van der Waals surface area contributed by atoms with Crippen LogP contribution in [-0.2, 0) is 11.8 Å². The molecule has 1 saturated carbocycles. The van der Waals surface area contributed by atoms with Crippen molar-refractivity contribution in [2.24, 2.45) is 13.0 Å². The van der Waals surface area contributed by atoms with E-state index in [0.717, 1.165) is 37.2 Å². The minimum Gasteiger partial charge on any atom is -0.385 e. The van der Waals surface area contributed by atoms with Gasteiger partial charge < -0.3 is 9.84 Å². The number of aliphatic hydroxyl groups is 1. The van der Waals surface area contributed by atoms with Gasteiger partial charge in [-0.25, -0.2) is 0 Å². The first-order chi connectivity index (χ1) is 8.57. The van der Waals surface area contributed by atoms with E-state index in [1.165, 1.54) is 0 Å². The van der Waals surface area contributed by atoms with E-state index in [-0.39, 0.29) is 0 Å². The fourth-order valence-corrected chi connectivity index (χ4v) is 2.92. The molecule has 0 aliphatic heterocycles. The van der Waals surface area contributed by atoms with Gasteiger partial charge in [-0.3, -0.25) is 4.68 Å². The summed E-state index contributed by atoms with van der Waals surface area (Å²) >= 11 is 0. The standard InChI is InChI=1S/C14H24N2O2/c1-4-18-14(7-5-11(2)6-8-14)13(17)12-9-15-16(3)10-12/h9-11,13,17H,4-8H2,1-3H3. The number of aryl methyl sites for hydroxylation is 1. The second kappa shape index (κ2) is 5.41. The molecule has 0 saturated heterocycles. The Balaban J connectivity index is 2.18. The van der Waals surface area contributed by atoms with E-state index in [1.54, 1.807) is 10.9 Å². The van der Waals surface area contributed by atoms with Gasteiger partial charge in [-0.2, -0.15) is 5.10 Å². The van der Waals surface area contributed by atoms with Gasteiger partial charge in [0.15, 0.2) is 0 Å². The van der Waals surface area contributed by atoms with Crippen molar-refractivity contribution in [3.63, 3.8) is 0 Å². The van der Waals surface area contributed by atoms with Crippen LogP contribution in [0, 0.1) is 5.92 Å². The molecule has 0 spiro atoms. The van der Waals surface area contributed by atoms with Crippen LogP contribution in [0.4, 0.5) is 0 Å². The molecule has 0 aromatic carbocycles. The van der Waals surface area contributed by atoms with E-state index < -0.39 is 11.7 Å². The first-order valence-corrected chi connectivity index (χ1v) is 6.88. The summed E-state index contributed by atoms with van der Waals surface area (Å²) in [6, 6.07) is 0. The molecule has 1 atom stereocenters. The zero-order valence-corrected chi connectivity index (χ0v) is 11.6. The third kappa shape index (κ3) is 2.59. The number of nitrogens with zero attached hydrogens (tertiary/aromatic N) is 2. The molecule has 18 heavy (non-hydrogen) atoms.